The zero-order valence-electron chi connectivity index (χ0n) is 16.1. The molecule has 0 aliphatic rings. The number of carbonyl (C=O) groups is 1. The van der Waals surface area contributed by atoms with Crippen molar-refractivity contribution in [1.82, 2.24) is 4.57 Å². The number of aromatic nitrogens is 1. The molecule has 1 heterocycles. The van der Waals surface area contributed by atoms with Gasteiger partial charge in [0.15, 0.2) is 0 Å². The van der Waals surface area contributed by atoms with E-state index in [1.807, 2.05) is 12.1 Å². The number of aryl methyl sites for hydroxylation is 1. The first-order chi connectivity index (χ1) is 14.0. The van der Waals surface area contributed by atoms with Gasteiger partial charge in [-0.05, 0) is 42.5 Å². The fraction of sp³-hybridized carbons (Fsp3) is 0.238. The van der Waals surface area contributed by atoms with Crippen molar-refractivity contribution in [2.75, 3.05) is 32.2 Å². The molecule has 0 atom stereocenters. The Morgan fingerprint density at radius 1 is 1.14 bits per heavy atom. The van der Waals surface area contributed by atoms with Crippen LogP contribution in [0.5, 0.6) is 0 Å². The molecule has 0 bridgehead atoms. The predicted molar refractivity (Wildman–Crippen MR) is 111 cm³/mol. The molecular weight excluding hydrogens is 395 g/mol. The van der Waals surface area contributed by atoms with Crippen molar-refractivity contribution in [3.05, 3.63) is 64.7 Å². The molecule has 152 valence electrons. The Kier molecular flexibility index (Phi) is 7.03. The third-order valence-electron chi connectivity index (χ3n) is 4.20. The van der Waals surface area contributed by atoms with Crippen molar-refractivity contribution in [3.8, 4) is 0 Å². The number of hydrogen-bond acceptors (Lipinski definition) is 5. The van der Waals surface area contributed by atoms with E-state index in [0.717, 1.165) is 4.90 Å². The summed E-state index contributed by atoms with van der Waals surface area (Å²) in [4.78, 5) is 25.6. The lowest BCUT2D eigenvalue weighted by Gasteiger charge is -2.11. The molecular formula is C21H21FN2O4S. The van der Waals surface area contributed by atoms with Crippen LogP contribution < -0.4 is 10.9 Å². The second-order valence-corrected chi connectivity index (χ2v) is 7.40. The maximum absolute atomic E-state index is 13.7. The zero-order valence-corrected chi connectivity index (χ0v) is 16.9. The Labute approximate surface area is 171 Å². The van der Waals surface area contributed by atoms with E-state index in [9.17, 15) is 14.0 Å². The third-order valence-corrected chi connectivity index (χ3v) is 5.27. The lowest BCUT2D eigenvalue weighted by atomic mass is 10.2. The number of benzene rings is 2. The molecule has 3 aromatic rings. The van der Waals surface area contributed by atoms with E-state index in [0.29, 0.717) is 34.7 Å². The fourth-order valence-electron chi connectivity index (χ4n) is 2.73. The van der Waals surface area contributed by atoms with Crippen LogP contribution in [0.15, 0.2) is 63.1 Å². The minimum atomic E-state index is -0.358. The van der Waals surface area contributed by atoms with E-state index in [2.05, 4.69) is 5.32 Å². The number of ether oxygens (including phenoxy) is 2. The van der Waals surface area contributed by atoms with Crippen molar-refractivity contribution in [1.29, 1.82) is 0 Å². The SMILES string of the molecule is COCCOCC(=O)Nc1ccc(Sc2cc(=O)n(C)c3ccc(F)cc23)cc1. The third kappa shape index (κ3) is 5.44. The summed E-state index contributed by atoms with van der Waals surface area (Å²) in [6.07, 6.45) is 0. The molecule has 0 saturated carbocycles. The van der Waals surface area contributed by atoms with Gasteiger partial charge in [0.1, 0.15) is 12.4 Å². The number of halogens is 1. The molecule has 0 aliphatic carbocycles. The van der Waals surface area contributed by atoms with Crippen LogP contribution in [0.3, 0.4) is 0 Å². The summed E-state index contributed by atoms with van der Waals surface area (Å²) in [7, 11) is 3.23. The molecule has 0 aliphatic heterocycles. The molecule has 0 saturated heterocycles. The first-order valence-electron chi connectivity index (χ1n) is 8.91. The minimum absolute atomic E-state index is 0.0509. The molecule has 1 aromatic heterocycles. The summed E-state index contributed by atoms with van der Waals surface area (Å²) < 4.78 is 25.3. The summed E-state index contributed by atoms with van der Waals surface area (Å²) in [6, 6.07) is 13.0. The van der Waals surface area contributed by atoms with Crippen molar-refractivity contribution < 1.29 is 18.7 Å². The molecule has 3 rings (SSSR count). The van der Waals surface area contributed by atoms with E-state index >= 15 is 0 Å². The normalized spacial score (nSPS) is 11.0. The van der Waals surface area contributed by atoms with Gasteiger partial charge in [-0.2, -0.15) is 0 Å². The van der Waals surface area contributed by atoms with Crippen LogP contribution in [0.2, 0.25) is 0 Å². The minimum Gasteiger partial charge on any atom is -0.382 e. The topological polar surface area (TPSA) is 69.6 Å². The van der Waals surface area contributed by atoms with Crippen molar-refractivity contribution in [2.24, 2.45) is 7.05 Å². The van der Waals surface area contributed by atoms with E-state index in [4.69, 9.17) is 9.47 Å². The Hall–Kier alpha value is -2.68. The number of amides is 1. The van der Waals surface area contributed by atoms with Gasteiger partial charge in [-0.3, -0.25) is 9.59 Å². The average Bonchev–Trinajstić information content (AvgIpc) is 2.70. The molecule has 0 unspecified atom stereocenters. The molecule has 8 heteroatoms. The van der Waals surface area contributed by atoms with Gasteiger partial charge in [0.2, 0.25) is 5.91 Å². The zero-order chi connectivity index (χ0) is 20.8. The molecule has 29 heavy (non-hydrogen) atoms. The molecule has 0 radical (unpaired) electrons. The Bertz CT molecular complexity index is 1070. The predicted octanol–water partition coefficient (Wildman–Crippen LogP) is 3.43. The molecule has 2 aromatic carbocycles. The van der Waals surface area contributed by atoms with E-state index < -0.39 is 0 Å². The highest BCUT2D eigenvalue weighted by atomic mass is 32.2. The first kappa shape index (κ1) is 21.0. The number of carbonyl (C=O) groups excluding carboxylic acids is 1. The second kappa shape index (κ2) is 9.69. The van der Waals surface area contributed by atoms with Gasteiger partial charge in [0, 0.05) is 41.1 Å². The van der Waals surface area contributed by atoms with Crippen LogP contribution in [-0.2, 0) is 21.3 Å². The van der Waals surface area contributed by atoms with Crippen LogP contribution in [0.25, 0.3) is 10.9 Å². The van der Waals surface area contributed by atoms with Gasteiger partial charge in [0.05, 0.1) is 18.7 Å². The maximum Gasteiger partial charge on any atom is 0.251 e. The molecule has 0 fully saturated rings. The summed E-state index contributed by atoms with van der Waals surface area (Å²) in [6.45, 7) is 0.732. The number of pyridine rings is 1. The van der Waals surface area contributed by atoms with Crippen LogP contribution >= 0.6 is 11.8 Å². The van der Waals surface area contributed by atoms with Gasteiger partial charge in [-0.1, -0.05) is 11.8 Å². The van der Waals surface area contributed by atoms with Crippen molar-refractivity contribution in [3.63, 3.8) is 0 Å². The van der Waals surface area contributed by atoms with Crippen LogP contribution in [0, 0.1) is 5.82 Å². The highest BCUT2D eigenvalue weighted by molar-refractivity contribution is 7.99. The van der Waals surface area contributed by atoms with Gasteiger partial charge in [-0.15, -0.1) is 0 Å². The highest BCUT2D eigenvalue weighted by Crippen LogP contribution is 2.33. The van der Waals surface area contributed by atoms with Crippen molar-refractivity contribution >= 4 is 34.3 Å². The molecule has 1 amide bonds. The van der Waals surface area contributed by atoms with Crippen LogP contribution in [0.4, 0.5) is 10.1 Å². The summed E-state index contributed by atoms with van der Waals surface area (Å²) >= 11 is 1.36. The van der Waals surface area contributed by atoms with Crippen LogP contribution in [0.1, 0.15) is 0 Å². The Balaban J connectivity index is 1.72. The van der Waals surface area contributed by atoms with E-state index in [1.165, 1.54) is 34.5 Å². The number of nitrogens with zero attached hydrogens (tertiary/aromatic N) is 1. The fourth-order valence-corrected chi connectivity index (χ4v) is 3.68. The lowest BCUT2D eigenvalue weighted by molar-refractivity contribution is -0.121. The standard InChI is InChI=1S/C21H21FN2O4S/c1-24-18-8-3-14(22)11-17(18)19(12-21(24)26)29-16-6-4-15(5-7-16)23-20(25)13-28-10-9-27-2/h3-8,11-12H,9-10,13H2,1-2H3,(H,23,25). The van der Waals surface area contributed by atoms with Gasteiger partial charge < -0.3 is 19.4 Å². The summed E-state index contributed by atoms with van der Waals surface area (Å²) in [5.41, 5.74) is 1.14. The number of methoxy groups -OCH3 is 1. The monoisotopic (exact) mass is 416 g/mol. The number of fused-ring (bicyclic) bond motifs is 1. The maximum atomic E-state index is 13.7. The van der Waals surface area contributed by atoms with Gasteiger partial charge in [-0.25, -0.2) is 4.39 Å². The highest BCUT2D eigenvalue weighted by Gasteiger charge is 2.10. The Morgan fingerprint density at radius 2 is 1.90 bits per heavy atom. The number of nitrogens with one attached hydrogen (secondary N) is 1. The largest absolute Gasteiger partial charge is 0.382 e. The Morgan fingerprint density at radius 3 is 2.62 bits per heavy atom. The summed E-state index contributed by atoms with van der Waals surface area (Å²) in [5, 5.41) is 3.42. The summed E-state index contributed by atoms with van der Waals surface area (Å²) in [5.74, 6) is -0.613. The first-order valence-corrected chi connectivity index (χ1v) is 9.73. The molecule has 0 spiro atoms. The average molecular weight is 416 g/mol. The second-order valence-electron chi connectivity index (χ2n) is 6.29. The van der Waals surface area contributed by atoms with E-state index in [-0.39, 0.29) is 23.9 Å². The van der Waals surface area contributed by atoms with Crippen molar-refractivity contribution in [2.45, 2.75) is 9.79 Å². The quantitative estimate of drug-likeness (QED) is 0.570. The molecule has 6 nitrogen and oxygen atoms in total. The van der Waals surface area contributed by atoms with Gasteiger partial charge in [0.25, 0.3) is 5.56 Å². The van der Waals surface area contributed by atoms with Gasteiger partial charge >= 0.3 is 0 Å². The lowest BCUT2D eigenvalue weighted by Crippen LogP contribution is -2.19. The smallest absolute Gasteiger partial charge is 0.251 e. The van der Waals surface area contributed by atoms with E-state index in [1.54, 1.807) is 32.4 Å². The van der Waals surface area contributed by atoms with Crippen LogP contribution in [-0.4, -0.2) is 37.4 Å². The number of hydrogen-bond donors (Lipinski definition) is 1. The molecule has 1 N–H and O–H groups in total. The number of anilines is 1. The number of rotatable bonds is 8.